The van der Waals surface area contributed by atoms with E-state index in [1.165, 1.54) is 23.0 Å². The molecule has 0 saturated carbocycles. The third-order valence-electron chi connectivity index (χ3n) is 6.06. The van der Waals surface area contributed by atoms with Gasteiger partial charge < -0.3 is 9.80 Å². The third-order valence-corrected chi connectivity index (χ3v) is 6.95. The summed E-state index contributed by atoms with van der Waals surface area (Å²) in [6.07, 6.45) is 2.14. The van der Waals surface area contributed by atoms with Crippen LogP contribution in [-0.4, -0.2) is 53.9 Å². The average Bonchev–Trinajstić information content (AvgIpc) is 3.19. The fourth-order valence-corrected chi connectivity index (χ4v) is 4.96. The van der Waals surface area contributed by atoms with Crippen LogP contribution in [-0.2, 0) is 6.42 Å². The molecule has 1 amide bonds. The molecule has 0 atom stereocenters. The molecule has 2 heterocycles. The van der Waals surface area contributed by atoms with Gasteiger partial charge >= 0.3 is 0 Å². The van der Waals surface area contributed by atoms with E-state index in [4.69, 9.17) is 0 Å². The summed E-state index contributed by atoms with van der Waals surface area (Å²) in [5.41, 5.74) is 3.85. The zero-order valence-electron chi connectivity index (χ0n) is 19.7. The number of hydrogen-bond donors (Lipinski definition) is 1. The highest BCUT2D eigenvalue weighted by Gasteiger charge is 2.24. The highest BCUT2D eigenvalue weighted by Crippen LogP contribution is 2.33. The maximum absolute atomic E-state index is 12.9. The minimum atomic E-state index is -0.418. The Hall–Kier alpha value is -3.30. The van der Waals surface area contributed by atoms with Crippen LogP contribution in [0.25, 0.3) is 11.3 Å². The second-order valence-electron chi connectivity index (χ2n) is 8.58. The number of benzene rings is 2. The fraction of sp³-hybridized carbons (Fsp3) is 0.360. The van der Waals surface area contributed by atoms with E-state index in [-0.39, 0.29) is 11.3 Å². The number of likely N-dealkylation sites (N-methyl/N-ethyl adjacent to an activating group) is 1. The molecule has 4 rings (SSSR count). The predicted molar refractivity (Wildman–Crippen MR) is 137 cm³/mol. The zero-order valence-corrected chi connectivity index (χ0v) is 20.5. The minimum Gasteiger partial charge on any atom is -0.363 e. The van der Waals surface area contributed by atoms with Gasteiger partial charge in [-0.2, -0.15) is 0 Å². The van der Waals surface area contributed by atoms with Crippen LogP contribution in [0.5, 0.6) is 0 Å². The SMILES string of the molecule is CCCc1ccc(-c2nc(NC(=O)c3ccc(N4CCN(C)CC4)c([N+](=O)[O-])c3)sc2C)cc1. The van der Waals surface area contributed by atoms with Crippen LogP contribution in [0.15, 0.2) is 42.5 Å². The van der Waals surface area contributed by atoms with Gasteiger partial charge in [0, 0.05) is 48.2 Å². The van der Waals surface area contributed by atoms with Crippen LogP contribution < -0.4 is 10.2 Å². The summed E-state index contributed by atoms with van der Waals surface area (Å²) in [5.74, 6) is -0.411. The first-order valence-corrected chi connectivity index (χ1v) is 12.3. The van der Waals surface area contributed by atoms with Crippen molar-refractivity contribution >= 4 is 33.8 Å². The van der Waals surface area contributed by atoms with Gasteiger partial charge in [0.25, 0.3) is 11.6 Å². The van der Waals surface area contributed by atoms with E-state index < -0.39 is 10.8 Å². The normalized spacial score (nSPS) is 14.3. The summed E-state index contributed by atoms with van der Waals surface area (Å²) >= 11 is 1.39. The number of anilines is 2. The molecule has 2 aromatic carbocycles. The van der Waals surface area contributed by atoms with Crippen LogP contribution in [0.3, 0.4) is 0 Å². The first kappa shape index (κ1) is 23.8. The number of carbonyl (C=O) groups is 1. The van der Waals surface area contributed by atoms with E-state index in [9.17, 15) is 14.9 Å². The maximum Gasteiger partial charge on any atom is 0.293 e. The molecule has 9 heteroatoms. The van der Waals surface area contributed by atoms with Crippen LogP contribution >= 0.6 is 11.3 Å². The quantitative estimate of drug-likeness (QED) is 0.379. The Morgan fingerprint density at radius 3 is 2.50 bits per heavy atom. The van der Waals surface area contributed by atoms with Gasteiger partial charge in [0.15, 0.2) is 5.13 Å². The highest BCUT2D eigenvalue weighted by atomic mass is 32.1. The lowest BCUT2D eigenvalue weighted by atomic mass is 10.1. The molecule has 1 aromatic heterocycles. The highest BCUT2D eigenvalue weighted by molar-refractivity contribution is 7.16. The van der Waals surface area contributed by atoms with Crippen LogP contribution in [0, 0.1) is 17.0 Å². The second-order valence-corrected chi connectivity index (χ2v) is 9.78. The molecule has 0 aliphatic carbocycles. The molecule has 1 saturated heterocycles. The van der Waals surface area contributed by atoms with Crippen LogP contribution in [0.2, 0.25) is 0 Å². The number of hydrogen-bond acceptors (Lipinski definition) is 7. The van der Waals surface area contributed by atoms with Gasteiger partial charge in [-0.05, 0) is 38.1 Å². The van der Waals surface area contributed by atoms with Gasteiger partial charge in [0.2, 0.25) is 0 Å². The number of rotatable bonds is 7. The van der Waals surface area contributed by atoms with Crippen molar-refractivity contribution < 1.29 is 9.72 Å². The molecule has 0 radical (unpaired) electrons. The summed E-state index contributed by atoms with van der Waals surface area (Å²) in [4.78, 5) is 34.0. The maximum atomic E-state index is 12.9. The Labute approximate surface area is 203 Å². The Morgan fingerprint density at radius 1 is 1.15 bits per heavy atom. The molecule has 1 N–H and O–H groups in total. The largest absolute Gasteiger partial charge is 0.363 e. The fourth-order valence-electron chi connectivity index (χ4n) is 4.13. The molecular formula is C25H29N5O3S. The van der Waals surface area contributed by atoms with E-state index in [2.05, 4.69) is 46.4 Å². The predicted octanol–water partition coefficient (Wildman–Crippen LogP) is 4.98. The second kappa shape index (κ2) is 10.3. The standard InChI is InChI=1S/C25H29N5O3S/c1-4-5-18-6-8-19(9-7-18)23-17(2)34-25(26-23)27-24(31)20-10-11-21(22(16-20)30(32)33)29-14-12-28(3)13-15-29/h6-11,16H,4-5,12-15H2,1-3H3,(H,26,27,31). The first-order valence-electron chi connectivity index (χ1n) is 11.5. The molecule has 8 nitrogen and oxygen atoms in total. The van der Waals surface area contributed by atoms with Gasteiger partial charge in [-0.1, -0.05) is 37.6 Å². The van der Waals surface area contributed by atoms with Crippen molar-refractivity contribution in [3.8, 4) is 11.3 Å². The molecule has 1 aliphatic rings. The molecule has 178 valence electrons. The number of aryl methyl sites for hydroxylation is 2. The average molecular weight is 480 g/mol. The summed E-state index contributed by atoms with van der Waals surface area (Å²) in [6, 6.07) is 13.0. The van der Waals surface area contributed by atoms with Gasteiger partial charge in [-0.15, -0.1) is 11.3 Å². The van der Waals surface area contributed by atoms with E-state index in [0.29, 0.717) is 23.9 Å². The van der Waals surface area contributed by atoms with E-state index in [1.54, 1.807) is 12.1 Å². The first-order chi connectivity index (χ1) is 16.4. The van der Waals surface area contributed by atoms with E-state index in [1.807, 2.05) is 18.9 Å². The van der Waals surface area contributed by atoms with Crippen molar-refractivity contribution in [3.05, 3.63) is 68.6 Å². The van der Waals surface area contributed by atoms with Gasteiger partial charge in [0.05, 0.1) is 10.6 Å². The van der Waals surface area contributed by atoms with Crippen molar-refractivity contribution in [3.63, 3.8) is 0 Å². The number of aromatic nitrogens is 1. The number of carbonyl (C=O) groups excluding carboxylic acids is 1. The Bertz CT molecular complexity index is 1180. The molecule has 1 aliphatic heterocycles. The molecule has 34 heavy (non-hydrogen) atoms. The summed E-state index contributed by atoms with van der Waals surface area (Å²) in [5, 5.41) is 15.0. The minimum absolute atomic E-state index is 0.0552. The summed E-state index contributed by atoms with van der Waals surface area (Å²) in [7, 11) is 2.03. The molecule has 0 unspecified atom stereocenters. The number of amides is 1. The molecule has 0 spiro atoms. The Balaban J connectivity index is 1.52. The van der Waals surface area contributed by atoms with Crippen molar-refractivity contribution in [2.45, 2.75) is 26.7 Å². The summed E-state index contributed by atoms with van der Waals surface area (Å²) < 4.78 is 0. The molecular weight excluding hydrogens is 450 g/mol. The van der Waals surface area contributed by atoms with Crippen molar-refractivity contribution in [1.29, 1.82) is 0 Å². The lowest BCUT2D eigenvalue weighted by Gasteiger charge is -2.33. The smallest absolute Gasteiger partial charge is 0.293 e. The van der Waals surface area contributed by atoms with Crippen molar-refractivity contribution in [1.82, 2.24) is 9.88 Å². The van der Waals surface area contributed by atoms with Gasteiger partial charge in [-0.3, -0.25) is 20.2 Å². The Morgan fingerprint density at radius 2 is 1.85 bits per heavy atom. The number of piperazine rings is 1. The van der Waals surface area contributed by atoms with Gasteiger partial charge in [-0.25, -0.2) is 4.98 Å². The van der Waals surface area contributed by atoms with E-state index >= 15 is 0 Å². The Kier molecular flexibility index (Phi) is 7.23. The van der Waals surface area contributed by atoms with Crippen molar-refractivity contribution in [2.24, 2.45) is 0 Å². The van der Waals surface area contributed by atoms with Gasteiger partial charge in [0.1, 0.15) is 5.69 Å². The number of nitro benzene ring substituents is 1. The lowest BCUT2D eigenvalue weighted by Crippen LogP contribution is -2.44. The van der Waals surface area contributed by atoms with Crippen LogP contribution in [0.4, 0.5) is 16.5 Å². The number of nitrogens with zero attached hydrogens (tertiary/aromatic N) is 4. The topological polar surface area (TPSA) is 91.6 Å². The molecule has 1 fully saturated rings. The number of thiazole rings is 1. The molecule has 3 aromatic rings. The third kappa shape index (κ3) is 5.26. The van der Waals surface area contributed by atoms with Crippen LogP contribution in [0.1, 0.15) is 34.1 Å². The van der Waals surface area contributed by atoms with E-state index in [0.717, 1.165) is 42.1 Å². The lowest BCUT2D eigenvalue weighted by molar-refractivity contribution is -0.384. The zero-order chi connectivity index (χ0) is 24.2. The summed E-state index contributed by atoms with van der Waals surface area (Å²) in [6.45, 7) is 7.23. The molecule has 0 bridgehead atoms. The number of nitro groups is 1. The monoisotopic (exact) mass is 479 g/mol. The van der Waals surface area contributed by atoms with Crippen molar-refractivity contribution in [2.75, 3.05) is 43.4 Å². The number of nitrogens with one attached hydrogen (secondary N) is 1.